The third kappa shape index (κ3) is 3.74. The van der Waals surface area contributed by atoms with Gasteiger partial charge in [0.25, 0.3) is 0 Å². The van der Waals surface area contributed by atoms with E-state index in [1.807, 2.05) is 0 Å². The average Bonchev–Trinajstić information content (AvgIpc) is 2.24. The molecular formula is C10H22N2O2S. The maximum Gasteiger partial charge on any atom is 0.212 e. The van der Waals surface area contributed by atoms with Crippen LogP contribution in [-0.4, -0.2) is 37.2 Å². The SMILES string of the molecule is CC(C)(C)N1CCCC(S(N)(=O)=O)CC1. The fourth-order valence-electron chi connectivity index (χ4n) is 2.07. The van der Waals surface area contributed by atoms with Crippen molar-refractivity contribution in [3.8, 4) is 0 Å². The van der Waals surface area contributed by atoms with Crippen molar-refractivity contribution in [3.63, 3.8) is 0 Å². The standard InChI is InChI=1S/C10H22N2O2S/c1-10(2,3)12-7-4-5-9(6-8-12)15(11,13)14/h9H,4-8H2,1-3H3,(H2,11,13,14). The van der Waals surface area contributed by atoms with Gasteiger partial charge in [-0.3, -0.25) is 4.90 Å². The van der Waals surface area contributed by atoms with Crippen LogP contribution < -0.4 is 5.14 Å². The molecule has 0 aromatic rings. The fourth-order valence-corrected chi connectivity index (χ4v) is 2.99. The van der Waals surface area contributed by atoms with Crippen molar-refractivity contribution < 1.29 is 8.42 Å². The summed E-state index contributed by atoms with van der Waals surface area (Å²) in [5.41, 5.74) is 0.118. The Kier molecular flexibility index (Phi) is 3.79. The minimum atomic E-state index is -3.34. The van der Waals surface area contributed by atoms with Crippen LogP contribution in [-0.2, 0) is 10.0 Å². The van der Waals surface area contributed by atoms with Crippen LogP contribution >= 0.6 is 0 Å². The molecule has 1 aliphatic heterocycles. The topological polar surface area (TPSA) is 63.4 Å². The van der Waals surface area contributed by atoms with Crippen molar-refractivity contribution in [1.29, 1.82) is 0 Å². The first kappa shape index (κ1) is 12.9. The Labute approximate surface area is 92.9 Å². The lowest BCUT2D eigenvalue weighted by Crippen LogP contribution is -2.42. The van der Waals surface area contributed by atoms with Crippen molar-refractivity contribution in [1.82, 2.24) is 4.90 Å². The van der Waals surface area contributed by atoms with Crippen molar-refractivity contribution in [2.75, 3.05) is 13.1 Å². The second kappa shape index (κ2) is 4.39. The smallest absolute Gasteiger partial charge is 0.212 e. The number of likely N-dealkylation sites (tertiary alicyclic amines) is 1. The first-order valence-corrected chi connectivity index (χ1v) is 7.09. The van der Waals surface area contributed by atoms with Crippen molar-refractivity contribution in [2.45, 2.75) is 50.8 Å². The van der Waals surface area contributed by atoms with Gasteiger partial charge in [0.1, 0.15) is 0 Å². The molecule has 1 heterocycles. The van der Waals surface area contributed by atoms with E-state index in [-0.39, 0.29) is 10.8 Å². The van der Waals surface area contributed by atoms with E-state index < -0.39 is 10.0 Å². The monoisotopic (exact) mass is 234 g/mol. The highest BCUT2D eigenvalue weighted by atomic mass is 32.2. The molecule has 0 bridgehead atoms. The number of hydrogen-bond donors (Lipinski definition) is 1. The first-order chi connectivity index (χ1) is 6.71. The average molecular weight is 234 g/mol. The minimum Gasteiger partial charge on any atom is -0.298 e. The summed E-state index contributed by atoms with van der Waals surface area (Å²) in [5.74, 6) is 0. The maximum absolute atomic E-state index is 11.3. The molecule has 1 fully saturated rings. The maximum atomic E-state index is 11.3. The zero-order valence-electron chi connectivity index (χ0n) is 9.86. The number of sulfonamides is 1. The largest absolute Gasteiger partial charge is 0.298 e. The zero-order chi connectivity index (χ0) is 11.7. The molecular weight excluding hydrogens is 212 g/mol. The quantitative estimate of drug-likeness (QED) is 0.734. The summed E-state index contributed by atoms with van der Waals surface area (Å²) in [6.07, 6.45) is 2.28. The summed E-state index contributed by atoms with van der Waals surface area (Å²) in [6, 6.07) is 0. The minimum absolute atomic E-state index is 0.118. The molecule has 5 heteroatoms. The summed E-state index contributed by atoms with van der Waals surface area (Å²) in [5, 5.41) is 4.85. The molecule has 0 spiro atoms. The van der Waals surface area contributed by atoms with E-state index in [0.717, 1.165) is 19.5 Å². The predicted molar refractivity (Wildman–Crippen MR) is 62.1 cm³/mol. The van der Waals surface area contributed by atoms with Crippen LogP contribution in [0.1, 0.15) is 40.0 Å². The van der Waals surface area contributed by atoms with Crippen molar-refractivity contribution in [2.24, 2.45) is 5.14 Å². The molecule has 1 rings (SSSR count). The van der Waals surface area contributed by atoms with Gasteiger partial charge in [-0.25, -0.2) is 13.6 Å². The molecule has 1 atom stereocenters. The van der Waals surface area contributed by atoms with E-state index in [1.54, 1.807) is 0 Å². The third-order valence-corrected chi connectivity index (χ3v) is 4.49. The van der Waals surface area contributed by atoms with Gasteiger partial charge in [0, 0.05) is 5.54 Å². The lowest BCUT2D eigenvalue weighted by atomic mass is 10.1. The molecule has 0 amide bonds. The Hall–Kier alpha value is -0.130. The Morgan fingerprint density at radius 2 is 1.80 bits per heavy atom. The van der Waals surface area contributed by atoms with E-state index in [4.69, 9.17) is 5.14 Å². The summed E-state index contributed by atoms with van der Waals surface area (Å²) >= 11 is 0. The Bertz CT molecular complexity index is 306. The van der Waals surface area contributed by atoms with Gasteiger partial charge >= 0.3 is 0 Å². The molecule has 1 saturated heterocycles. The second-order valence-electron chi connectivity index (χ2n) is 5.30. The highest BCUT2D eigenvalue weighted by Crippen LogP contribution is 2.22. The van der Waals surface area contributed by atoms with Gasteiger partial charge in [0.05, 0.1) is 5.25 Å². The number of rotatable bonds is 1. The third-order valence-electron chi connectivity index (χ3n) is 3.09. The summed E-state index contributed by atoms with van der Waals surface area (Å²) in [6.45, 7) is 8.26. The van der Waals surface area contributed by atoms with Crippen LogP contribution in [0.15, 0.2) is 0 Å². The van der Waals surface area contributed by atoms with Crippen molar-refractivity contribution >= 4 is 10.0 Å². The number of nitrogens with zero attached hydrogens (tertiary/aromatic N) is 1. The Morgan fingerprint density at radius 3 is 2.27 bits per heavy atom. The van der Waals surface area contributed by atoms with E-state index in [2.05, 4.69) is 25.7 Å². The van der Waals surface area contributed by atoms with E-state index in [9.17, 15) is 8.42 Å². The lowest BCUT2D eigenvalue weighted by molar-refractivity contribution is 0.143. The van der Waals surface area contributed by atoms with Gasteiger partial charge in [0.2, 0.25) is 10.0 Å². The molecule has 4 nitrogen and oxygen atoms in total. The van der Waals surface area contributed by atoms with Gasteiger partial charge in [0.15, 0.2) is 0 Å². The van der Waals surface area contributed by atoms with Crippen molar-refractivity contribution in [3.05, 3.63) is 0 Å². The first-order valence-electron chi connectivity index (χ1n) is 5.48. The van der Waals surface area contributed by atoms with Crippen LogP contribution in [0, 0.1) is 0 Å². The van der Waals surface area contributed by atoms with Gasteiger partial charge in [-0.15, -0.1) is 0 Å². The van der Waals surface area contributed by atoms with E-state index in [0.29, 0.717) is 12.8 Å². The van der Waals surface area contributed by atoms with Crippen LogP contribution in [0.4, 0.5) is 0 Å². The molecule has 1 unspecified atom stereocenters. The molecule has 0 aromatic carbocycles. The van der Waals surface area contributed by atoms with Crippen LogP contribution in [0.2, 0.25) is 0 Å². The molecule has 90 valence electrons. The zero-order valence-corrected chi connectivity index (χ0v) is 10.7. The summed E-state index contributed by atoms with van der Waals surface area (Å²) in [7, 11) is -3.34. The predicted octanol–water partition coefficient (Wildman–Crippen LogP) is 0.928. The Balaban J connectivity index is 2.65. The van der Waals surface area contributed by atoms with E-state index >= 15 is 0 Å². The van der Waals surface area contributed by atoms with E-state index in [1.165, 1.54) is 0 Å². The van der Waals surface area contributed by atoms with Gasteiger partial charge in [-0.2, -0.15) is 0 Å². The summed E-state index contributed by atoms with van der Waals surface area (Å²) in [4.78, 5) is 2.33. The van der Waals surface area contributed by atoms with Gasteiger partial charge in [-0.05, 0) is 53.1 Å². The highest BCUT2D eigenvalue weighted by molar-refractivity contribution is 7.89. The molecule has 0 aliphatic carbocycles. The van der Waals surface area contributed by atoms with Crippen LogP contribution in [0.3, 0.4) is 0 Å². The lowest BCUT2D eigenvalue weighted by Gasteiger charge is -2.34. The van der Waals surface area contributed by atoms with Gasteiger partial charge < -0.3 is 0 Å². The van der Waals surface area contributed by atoms with Gasteiger partial charge in [-0.1, -0.05) is 0 Å². The van der Waals surface area contributed by atoms with Crippen LogP contribution in [0.25, 0.3) is 0 Å². The molecule has 15 heavy (non-hydrogen) atoms. The molecule has 1 aliphatic rings. The van der Waals surface area contributed by atoms with Crippen LogP contribution in [0.5, 0.6) is 0 Å². The molecule has 0 radical (unpaired) electrons. The highest BCUT2D eigenvalue weighted by Gasteiger charge is 2.29. The Morgan fingerprint density at radius 1 is 1.20 bits per heavy atom. The molecule has 0 aromatic heterocycles. The number of hydrogen-bond acceptors (Lipinski definition) is 3. The molecule has 2 N–H and O–H groups in total. The normalized spacial score (nSPS) is 26.3. The fraction of sp³-hybridized carbons (Fsp3) is 1.00. The second-order valence-corrected chi connectivity index (χ2v) is 7.14. The number of primary sulfonamides is 1. The number of nitrogens with two attached hydrogens (primary N) is 1. The summed E-state index contributed by atoms with van der Waals surface area (Å²) < 4.78 is 22.5. The molecule has 0 saturated carbocycles.